The van der Waals surface area contributed by atoms with Crippen LogP contribution in [0.3, 0.4) is 0 Å². The summed E-state index contributed by atoms with van der Waals surface area (Å²) < 4.78 is 0. The van der Waals surface area contributed by atoms with Gasteiger partial charge in [0.05, 0.1) is 0 Å². The summed E-state index contributed by atoms with van der Waals surface area (Å²) in [5.41, 5.74) is 0. The first-order valence-corrected chi connectivity index (χ1v) is 6.24. The van der Waals surface area contributed by atoms with Crippen LogP contribution in [-0.2, 0) is 6.42 Å². The monoisotopic (exact) mass is 211 g/mol. The molecule has 0 bridgehead atoms. The molecule has 1 aliphatic rings. The second-order valence-electron chi connectivity index (χ2n) is 3.77. The molecular weight excluding hydrogens is 194 g/mol. The lowest BCUT2D eigenvalue weighted by atomic mass is 9.86. The van der Waals surface area contributed by atoms with Crippen molar-refractivity contribution >= 4 is 11.3 Å². The van der Waals surface area contributed by atoms with Gasteiger partial charge in [-0.15, -0.1) is 21.5 Å². The van der Waals surface area contributed by atoms with Gasteiger partial charge in [-0.05, 0) is 19.4 Å². The molecular formula is C10H17N3S. The fourth-order valence-electron chi connectivity index (χ4n) is 1.56. The molecule has 0 unspecified atom stereocenters. The van der Waals surface area contributed by atoms with Crippen LogP contribution in [0.2, 0.25) is 0 Å². The maximum atomic E-state index is 4.26. The number of likely N-dealkylation sites (N-methyl/N-ethyl adjacent to an activating group) is 1. The lowest BCUT2D eigenvalue weighted by molar-refractivity contribution is 0.416. The maximum absolute atomic E-state index is 4.26. The van der Waals surface area contributed by atoms with Crippen molar-refractivity contribution in [2.75, 3.05) is 13.1 Å². The zero-order chi connectivity index (χ0) is 9.80. The summed E-state index contributed by atoms with van der Waals surface area (Å²) in [5.74, 6) is 0.736. The lowest BCUT2D eigenvalue weighted by Crippen LogP contribution is -2.15. The van der Waals surface area contributed by atoms with Gasteiger partial charge in [0.1, 0.15) is 10.0 Å². The first-order chi connectivity index (χ1) is 6.90. The molecule has 0 aliphatic heterocycles. The highest BCUT2D eigenvalue weighted by atomic mass is 32.1. The Morgan fingerprint density at radius 3 is 2.93 bits per heavy atom. The molecule has 1 aromatic rings. The molecule has 0 saturated heterocycles. The van der Waals surface area contributed by atoms with Crippen LogP contribution in [0.25, 0.3) is 0 Å². The number of nitrogens with one attached hydrogen (secondary N) is 1. The third-order valence-corrected chi connectivity index (χ3v) is 3.85. The molecule has 14 heavy (non-hydrogen) atoms. The van der Waals surface area contributed by atoms with E-state index in [4.69, 9.17) is 0 Å². The van der Waals surface area contributed by atoms with Gasteiger partial charge in [0, 0.05) is 18.9 Å². The minimum atomic E-state index is 0.736. The normalized spacial score (nSPS) is 16.9. The number of nitrogens with zero attached hydrogens (tertiary/aromatic N) is 2. The predicted octanol–water partition coefficient (Wildman–Crippen LogP) is 1.96. The highest BCUT2D eigenvalue weighted by Gasteiger charge is 2.23. The Morgan fingerprint density at radius 1 is 1.43 bits per heavy atom. The molecule has 0 spiro atoms. The average molecular weight is 211 g/mol. The van der Waals surface area contributed by atoms with E-state index in [1.54, 1.807) is 11.3 Å². The van der Waals surface area contributed by atoms with E-state index in [9.17, 15) is 0 Å². The van der Waals surface area contributed by atoms with Crippen LogP contribution < -0.4 is 5.32 Å². The second-order valence-corrected chi connectivity index (χ2v) is 4.86. The van der Waals surface area contributed by atoms with Crippen molar-refractivity contribution in [3.63, 3.8) is 0 Å². The molecule has 1 heterocycles. The Balaban J connectivity index is 1.83. The summed E-state index contributed by atoms with van der Waals surface area (Å²) >= 11 is 1.81. The van der Waals surface area contributed by atoms with E-state index < -0.39 is 0 Å². The van der Waals surface area contributed by atoms with Crippen molar-refractivity contribution < 1.29 is 0 Å². The zero-order valence-electron chi connectivity index (χ0n) is 8.62. The van der Waals surface area contributed by atoms with Crippen LogP contribution in [0.1, 0.15) is 42.1 Å². The van der Waals surface area contributed by atoms with Gasteiger partial charge in [-0.25, -0.2) is 0 Å². The van der Waals surface area contributed by atoms with Gasteiger partial charge < -0.3 is 5.32 Å². The molecule has 0 radical (unpaired) electrons. The molecule has 2 rings (SSSR count). The first kappa shape index (κ1) is 10.1. The van der Waals surface area contributed by atoms with Gasteiger partial charge >= 0.3 is 0 Å². The van der Waals surface area contributed by atoms with Crippen LogP contribution >= 0.6 is 11.3 Å². The summed E-state index contributed by atoms with van der Waals surface area (Å²) in [4.78, 5) is 0. The molecule has 1 fully saturated rings. The van der Waals surface area contributed by atoms with E-state index in [1.165, 1.54) is 29.3 Å². The zero-order valence-corrected chi connectivity index (χ0v) is 9.44. The summed E-state index contributed by atoms with van der Waals surface area (Å²) in [6.07, 6.45) is 5.04. The van der Waals surface area contributed by atoms with Crippen LogP contribution in [0, 0.1) is 0 Å². The first-order valence-electron chi connectivity index (χ1n) is 5.43. The maximum Gasteiger partial charge on any atom is 0.120 e. The molecule has 0 amide bonds. The van der Waals surface area contributed by atoms with Crippen molar-refractivity contribution in [2.45, 2.75) is 38.5 Å². The Morgan fingerprint density at radius 2 is 2.29 bits per heavy atom. The van der Waals surface area contributed by atoms with Gasteiger partial charge in [0.15, 0.2) is 0 Å². The molecule has 3 nitrogen and oxygen atoms in total. The SMILES string of the molecule is CCNCCc1nnc(C2CCC2)s1. The van der Waals surface area contributed by atoms with E-state index in [-0.39, 0.29) is 0 Å². The number of hydrogen-bond donors (Lipinski definition) is 1. The Labute approximate surface area is 88.9 Å². The van der Waals surface area contributed by atoms with E-state index >= 15 is 0 Å². The van der Waals surface area contributed by atoms with Gasteiger partial charge in [0.25, 0.3) is 0 Å². The van der Waals surface area contributed by atoms with Crippen molar-refractivity contribution in [1.82, 2.24) is 15.5 Å². The van der Waals surface area contributed by atoms with Crippen molar-refractivity contribution in [2.24, 2.45) is 0 Å². The van der Waals surface area contributed by atoms with Crippen LogP contribution in [0.4, 0.5) is 0 Å². The van der Waals surface area contributed by atoms with Gasteiger partial charge in [0.2, 0.25) is 0 Å². The summed E-state index contributed by atoms with van der Waals surface area (Å²) in [5, 5.41) is 14.2. The fraction of sp³-hybridized carbons (Fsp3) is 0.800. The van der Waals surface area contributed by atoms with Crippen LogP contribution in [-0.4, -0.2) is 23.3 Å². The summed E-state index contributed by atoms with van der Waals surface area (Å²) in [7, 11) is 0. The van der Waals surface area contributed by atoms with Gasteiger partial charge in [-0.1, -0.05) is 13.3 Å². The number of hydrogen-bond acceptors (Lipinski definition) is 4. The highest BCUT2D eigenvalue weighted by molar-refractivity contribution is 7.11. The van der Waals surface area contributed by atoms with Gasteiger partial charge in [-0.2, -0.15) is 0 Å². The smallest absolute Gasteiger partial charge is 0.120 e. The van der Waals surface area contributed by atoms with Crippen molar-refractivity contribution in [3.8, 4) is 0 Å². The number of rotatable bonds is 5. The van der Waals surface area contributed by atoms with E-state index in [0.29, 0.717) is 0 Å². The minimum absolute atomic E-state index is 0.736. The Kier molecular flexibility index (Phi) is 3.48. The summed E-state index contributed by atoms with van der Waals surface area (Å²) in [6.45, 7) is 4.18. The second kappa shape index (κ2) is 4.84. The molecule has 1 N–H and O–H groups in total. The van der Waals surface area contributed by atoms with E-state index in [2.05, 4.69) is 22.4 Å². The molecule has 1 aromatic heterocycles. The third-order valence-electron chi connectivity index (χ3n) is 2.70. The third kappa shape index (κ3) is 2.30. The fourth-order valence-corrected chi connectivity index (χ4v) is 2.57. The Bertz CT molecular complexity index is 281. The van der Waals surface area contributed by atoms with Gasteiger partial charge in [-0.3, -0.25) is 0 Å². The van der Waals surface area contributed by atoms with E-state index in [0.717, 1.165) is 25.4 Å². The molecule has 0 atom stereocenters. The quantitative estimate of drug-likeness (QED) is 0.757. The average Bonchev–Trinajstić information content (AvgIpc) is 2.51. The van der Waals surface area contributed by atoms with Crippen molar-refractivity contribution in [1.29, 1.82) is 0 Å². The predicted molar refractivity (Wildman–Crippen MR) is 58.7 cm³/mol. The number of aromatic nitrogens is 2. The highest BCUT2D eigenvalue weighted by Crippen LogP contribution is 2.37. The standard InChI is InChI=1S/C10H17N3S/c1-2-11-7-6-9-12-13-10(14-9)8-4-3-5-8/h8,11H,2-7H2,1H3. The minimum Gasteiger partial charge on any atom is -0.317 e. The van der Waals surface area contributed by atoms with Crippen molar-refractivity contribution in [3.05, 3.63) is 10.0 Å². The molecule has 0 aromatic carbocycles. The molecule has 1 saturated carbocycles. The largest absolute Gasteiger partial charge is 0.317 e. The Hall–Kier alpha value is -0.480. The van der Waals surface area contributed by atoms with E-state index in [1.807, 2.05) is 0 Å². The van der Waals surface area contributed by atoms with Crippen LogP contribution in [0.15, 0.2) is 0 Å². The topological polar surface area (TPSA) is 37.8 Å². The molecule has 78 valence electrons. The lowest BCUT2D eigenvalue weighted by Gasteiger charge is -2.21. The molecule has 4 heteroatoms. The summed E-state index contributed by atoms with van der Waals surface area (Å²) in [6, 6.07) is 0. The van der Waals surface area contributed by atoms with Crippen LogP contribution in [0.5, 0.6) is 0 Å². The molecule has 1 aliphatic carbocycles.